The van der Waals surface area contributed by atoms with E-state index in [9.17, 15) is 20.3 Å². The van der Waals surface area contributed by atoms with Gasteiger partial charge in [-0.3, -0.25) is 4.79 Å². The highest BCUT2D eigenvalue weighted by molar-refractivity contribution is 6.12. The van der Waals surface area contributed by atoms with Crippen molar-refractivity contribution in [1.82, 2.24) is 0 Å². The zero-order valence-electron chi connectivity index (χ0n) is 12.2. The number of carbonyl (C=O) groups excluding carboxylic acids is 1. The minimum absolute atomic E-state index is 0.0215. The van der Waals surface area contributed by atoms with Crippen molar-refractivity contribution in [2.24, 2.45) is 0 Å². The number of phenolic OH excluding ortho intramolecular Hbond substituents is 2. The molecule has 23 heavy (non-hydrogen) atoms. The number of nitrogens with zero attached hydrogens (tertiary/aromatic N) is 2. The average Bonchev–Trinajstić information content (AvgIpc) is 2.99. The fourth-order valence-corrected chi connectivity index (χ4v) is 2.63. The molecule has 0 saturated carbocycles. The van der Waals surface area contributed by atoms with Crippen molar-refractivity contribution in [2.75, 3.05) is 11.4 Å². The molecule has 114 valence electrons. The first-order valence-corrected chi connectivity index (χ1v) is 7.13. The van der Waals surface area contributed by atoms with Crippen molar-refractivity contribution in [3.8, 4) is 17.6 Å². The molecule has 1 amide bonds. The number of para-hydroxylation sites is 1. The van der Waals surface area contributed by atoms with E-state index < -0.39 is 0 Å². The molecule has 5 heteroatoms. The maximum absolute atomic E-state index is 12.6. The Kier molecular flexibility index (Phi) is 3.73. The molecule has 0 fully saturated rings. The number of aromatic hydroxyl groups is 2. The van der Waals surface area contributed by atoms with Crippen molar-refractivity contribution >= 4 is 17.7 Å². The van der Waals surface area contributed by atoms with Gasteiger partial charge in [0.25, 0.3) is 5.91 Å². The second-order valence-corrected chi connectivity index (χ2v) is 5.25. The monoisotopic (exact) mass is 306 g/mol. The van der Waals surface area contributed by atoms with Gasteiger partial charge < -0.3 is 15.1 Å². The molecular formula is C18H14N2O3. The van der Waals surface area contributed by atoms with Gasteiger partial charge in [0.15, 0.2) is 11.5 Å². The summed E-state index contributed by atoms with van der Waals surface area (Å²) in [4.78, 5) is 14.2. The first-order chi connectivity index (χ1) is 11.1. The van der Waals surface area contributed by atoms with Crippen LogP contribution in [0.25, 0.3) is 6.08 Å². The summed E-state index contributed by atoms with van der Waals surface area (Å²) in [6, 6.07) is 13.7. The van der Waals surface area contributed by atoms with Crippen LogP contribution in [0.4, 0.5) is 5.69 Å². The van der Waals surface area contributed by atoms with E-state index in [0.29, 0.717) is 12.1 Å². The van der Waals surface area contributed by atoms with Gasteiger partial charge in [-0.25, -0.2) is 0 Å². The number of rotatable bonds is 2. The molecule has 0 aromatic heterocycles. The van der Waals surface area contributed by atoms with E-state index in [1.165, 1.54) is 24.3 Å². The first kappa shape index (κ1) is 14.7. The van der Waals surface area contributed by atoms with E-state index in [1.807, 2.05) is 30.3 Å². The van der Waals surface area contributed by atoms with Crippen molar-refractivity contribution in [3.05, 3.63) is 59.2 Å². The minimum atomic E-state index is -0.370. The van der Waals surface area contributed by atoms with Gasteiger partial charge in [0, 0.05) is 12.2 Å². The fourth-order valence-electron chi connectivity index (χ4n) is 2.63. The van der Waals surface area contributed by atoms with E-state index in [1.54, 1.807) is 4.90 Å². The van der Waals surface area contributed by atoms with E-state index in [2.05, 4.69) is 0 Å². The third-order valence-corrected chi connectivity index (χ3v) is 3.79. The lowest BCUT2D eigenvalue weighted by Crippen LogP contribution is -2.29. The SMILES string of the molecule is N#C/C(=C\c1ccc(O)c(O)c1)C(=O)N1CCc2ccccc21. The van der Waals surface area contributed by atoms with Crippen molar-refractivity contribution in [2.45, 2.75) is 6.42 Å². The molecule has 2 aromatic carbocycles. The second-order valence-electron chi connectivity index (χ2n) is 5.25. The summed E-state index contributed by atoms with van der Waals surface area (Å²) < 4.78 is 0. The van der Waals surface area contributed by atoms with E-state index in [0.717, 1.165) is 17.7 Å². The molecule has 1 heterocycles. The standard InChI is InChI=1S/C18H14N2O3/c19-11-14(9-12-5-6-16(21)17(22)10-12)18(23)20-8-7-13-3-1-2-4-15(13)20/h1-6,9-10,21-22H,7-8H2/b14-9+. The van der Waals surface area contributed by atoms with Crippen LogP contribution in [0.2, 0.25) is 0 Å². The Bertz CT molecular complexity index is 850. The van der Waals surface area contributed by atoms with Crippen LogP contribution in [-0.2, 0) is 11.2 Å². The molecule has 0 aliphatic carbocycles. The average molecular weight is 306 g/mol. The van der Waals surface area contributed by atoms with Gasteiger partial charge in [-0.2, -0.15) is 5.26 Å². The molecule has 2 aromatic rings. The third-order valence-electron chi connectivity index (χ3n) is 3.79. The van der Waals surface area contributed by atoms with Gasteiger partial charge in [-0.05, 0) is 41.8 Å². The molecule has 0 spiro atoms. The smallest absolute Gasteiger partial charge is 0.268 e. The molecular weight excluding hydrogens is 292 g/mol. The Morgan fingerprint density at radius 3 is 2.70 bits per heavy atom. The molecule has 3 rings (SSSR count). The van der Waals surface area contributed by atoms with Crippen molar-refractivity contribution in [3.63, 3.8) is 0 Å². The van der Waals surface area contributed by atoms with Crippen LogP contribution in [0.15, 0.2) is 48.0 Å². The van der Waals surface area contributed by atoms with Crippen molar-refractivity contribution in [1.29, 1.82) is 5.26 Å². The second kappa shape index (κ2) is 5.85. The van der Waals surface area contributed by atoms with Gasteiger partial charge in [0.05, 0.1) is 0 Å². The molecule has 0 bridgehead atoms. The fraction of sp³-hybridized carbons (Fsp3) is 0.111. The maximum atomic E-state index is 12.6. The number of nitriles is 1. The number of hydrogen-bond donors (Lipinski definition) is 2. The van der Waals surface area contributed by atoms with E-state index in [4.69, 9.17) is 0 Å². The molecule has 0 saturated heterocycles. The third kappa shape index (κ3) is 2.74. The molecule has 1 aliphatic rings. The molecule has 0 unspecified atom stereocenters. The van der Waals surface area contributed by atoms with E-state index in [-0.39, 0.29) is 23.0 Å². The summed E-state index contributed by atoms with van der Waals surface area (Å²) in [6.45, 7) is 0.540. The van der Waals surface area contributed by atoms with E-state index >= 15 is 0 Å². The molecule has 2 N–H and O–H groups in total. The summed E-state index contributed by atoms with van der Waals surface area (Å²) >= 11 is 0. The van der Waals surface area contributed by atoms with Crippen LogP contribution < -0.4 is 4.90 Å². The van der Waals surface area contributed by atoms with Gasteiger partial charge >= 0.3 is 0 Å². The normalized spacial score (nSPS) is 13.5. The summed E-state index contributed by atoms with van der Waals surface area (Å²) in [5.41, 5.74) is 2.36. The number of anilines is 1. The molecule has 1 aliphatic heterocycles. The molecule has 0 radical (unpaired) electrons. The summed E-state index contributed by atoms with van der Waals surface area (Å²) in [5.74, 6) is -0.916. The summed E-state index contributed by atoms with van der Waals surface area (Å²) in [6.07, 6.45) is 2.17. The summed E-state index contributed by atoms with van der Waals surface area (Å²) in [5, 5.41) is 28.1. The Balaban J connectivity index is 1.92. The minimum Gasteiger partial charge on any atom is -0.504 e. The zero-order valence-corrected chi connectivity index (χ0v) is 12.2. The van der Waals surface area contributed by atoms with Crippen LogP contribution in [0, 0.1) is 11.3 Å². The number of fused-ring (bicyclic) bond motifs is 1. The van der Waals surface area contributed by atoms with Crippen LogP contribution >= 0.6 is 0 Å². The topological polar surface area (TPSA) is 84.6 Å². The Labute approximate surface area is 133 Å². The highest BCUT2D eigenvalue weighted by Gasteiger charge is 2.26. The lowest BCUT2D eigenvalue weighted by atomic mass is 10.1. The quantitative estimate of drug-likeness (QED) is 0.507. The number of carbonyl (C=O) groups is 1. The predicted molar refractivity (Wildman–Crippen MR) is 85.9 cm³/mol. The molecule has 0 atom stereocenters. The van der Waals surface area contributed by atoms with Crippen LogP contribution in [0.5, 0.6) is 11.5 Å². The first-order valence-electron chi connectivity index (χ1n) is 7.13. The van der Waals surface area contributed by atoms with Crippen molar-refractivity contribution < 1.29 is 15.0 Å². The Hall–Kier alpha value is -3.26. The predicted octanol–water partition coefficient (Wildman–Crippen LogP) is 2.59. The van der Waals surface area contributed by atoms with Gasteiger partial charge in [-0.15, -0.1) is 0 Å². The van der Waals surface area contributed by atoms with Crippen LogP contribution in [0.1, 0.15) is 11.1 Å². The van der Waals surface area contributed by atoms with Gasteiger partial charge in [-0.1, -0.05) is 24.3 Å². The highest BCUT2D eigenvalue weighted by Crippen LogP contribution is 2.30. The van der Waals surface area contributed by atoms with Gasteiger partial charge in [0.1, 0.15) is 11.6 Å². The Morgan fingerprint density at radius 2 is 1.96 bits per heavy atom. The Morgan fingerprint density at radius 1 is 1.17 bits per heavy atom. The molecule has 5 nitrogen and oxygen atoms in total. The van der Waals surface area contributed by atoms with Crippen LogP contribution in [0.3, 0.4) is 0 Å². The largest absolute Gasteiger partial charge is 0.504 e. The highest BCUT2D eigenvalue weighted by atomic mass is 16.3. The number of amides is 1. The number of benzene rings is 2. The lowest BCUT2D eigenvalue weighted by molar-refractivity contribution is -0.114. The van der Waals surface area contributed by atoms with Crippen LogP contribution in [-0.4, -0.2) is 22.7 Å². The maximum Gasteiger partial charge on any atom is 0.268 e. The van der Waals surface area contributed by atoms with Gasteiger partial charge in [0.2, 0.25) is 0 Å². The number of hydrogen-bond acceptors (Lipinski definition) is 4. The number of phenols is 2. The lowest BCUT2D eigenvalue weighted by Gasteiger charge is -2.16. The zero-order chi connectivity index (χ0) is 16.4. The summed E-state index contributed by atoms with van der Waals surface area (Å²) in [7, 11) is 0.